The first kappa shape index (κ1) is 15.4. The van der Waals surface area contributed by atoms with Crippen molar-refractivity contribution in [3.05, 3.63) is 59.2 Å². The molecule has 1 N–H and O–H groups in total. The molecule has 0 aromatic heterocycles. The Labute approximate surface area is 126 Å². The Morgan fingerprint density at radius 3 is 2.29 bits per heavy atom. The van der Waals surface area contributed by atoms with Gasteiger partial charge in [-0.2, -0.15) is 0 Å². The molecule has 2 rings (SSSR count). The van der Waals surface area contributed by atoms with Crippen molar-refractivity contribution in [1.29, 1.82) is 0 Å². The predicted molar refractivity (Wildman–Crippen MR) is 86.0 cm³/mol. The average molecular weight is 285 g/mol. The van der Waals surface area contributed by atoms with Crippen LogP contribution in [-0.4, -0.2) is 14.2 Å². The molecule has 2 aromatic rings. The van der Waals surface area contributed by atoms with Crippen LogP contribution in [0.5, 0.6) is 11.5 Å². The Bertz CT molecular complexity index is 578. The molecule has 0 unspecified atom stereocenters. The zero-order chi connectivity index (χ0) is 15.2. The summed E-state index contributed by atoms with van der Waals surface area (Å²) in [5.74, 6) is 1.82. The van der Waals surface area contributed by atoms with Crippen LogP contribution < -0.4 is 14.8 Å². The normalized spacial score (nSPS) is 12.0. The molecule has 0 fully saturated rings. The summed E-state index contributed by atoms with van der Waals surface area (Å²) in [6, 6.07) is 14.7. The van der Waals surface area contributed by atoms with Gasteiger partial charge in [-0.3, -0.25) is 0 Å². The lowest BCUT2D eigenvalue weighted by molar-refractivity contribution is 0.411. The maximum absolute atomic E-state index is 5.28. The Morgan fingerprint density at radius 1 is 1.00 bits per heavy atom. The van der Waals surface area contributed by atoms with Gasteiger partial charge in [0, 0.05) is 12.6 Å². The Hall–Kier alpha value is -2.00. The van der Waals surface area contributed by atoms with E-state index in [1.165, 1.54) is 11.1 Å². The third kappa shape index (κ3) is 3.99. The lowest BCUT2D eigenvalue weighted by Crippen LogP contribution is -2.18. The summed E-state index contributed by atoms with van der Waals surface area (Å²) in [6.07, 6.45) is 0. The standard InChI is InChI=1S/C18H23NO2/c1-13-11-15(5-10-18(13)21-4)12-19-14(2)16-6-8-17(20-3)9-7-16/h5-11,14,19H,12H2,1-4H3/t14-/m0/s1. The molecule has 21 heavy (non-hydrogen) atoms. The first-order valence-electron chi connectivity index (χ1n) is 7.15. The summed E-state index contributed by atoms with van der Waals surface area (Å²) in [4.78, 5) is 0. The number of hydrogen-bond donors (Lipinski definition) is 1. The van der Waals surface area contributed by atoms with Crippen LogP contribution in [0.25, 0.3) is 0 Å². The summed E-state index contributed by atoms with van der Waals surface area (Å²) in [5, 5.41) is 3.54. The highest BCUT2D eigenvalue weighted by Crippen LogP contribution is 2.20. The largest absolute Gasteiger partial charge is 0.497 e. The molecule has 0 saturated carbocycles. The van der Waals surface area contributed by atoms with Crippen molar-refractivity contribution >= 4 is 0 Å². The Kier molecular flexibility index (Phi) is 5.23. The van der Waals surface area contributed by atoms with Gasteiger partial charge in [0.2, 0.25) is 0 Å². The molecule has 0 amide bonds. The van der Waals surface area contributed by atoms with E-state index in [0.717, 1.165) is 23.6 Å². The molecule has 0 aliphatic rings. The zero-order valence-corrected chi connectivity index (χ0v) is 13.1. The number of nitrogens with one attached hydrogen (secondary N) is 1. The van der Waals surface area contributed by atoms with E-state index in [1.54, 1.807) is 14.2 Å². The lowest BCUT2D eigenvalue weighted by Gasteiger charge is -2.15. The number of benzene rings is 2. The predicted octanol–water partition coefficient (Wildman–Crippen LogP) is 3.86. The van der Waals surface area contributed by atoms with Crippen molar-refractivity contribution in [2.75, 3.05) is 14.2 Å². The van der Waals surface area contributed by atoms with Crippen molar-refractivity contribution in [2.24, 2.45) is 0 Å². The number of aryl methyl sites for hydroxylation is 1. The summed E-state index contributed by atoms with van der Waals surface area (Å²) in [5.41, 5.74) is 3.67. The lowest BCUT2D eigenvalue weighted by atomic mass is 10.1. The van der Waals surface area contributed by atoms with E-state index < -0.39 is 0 Å². The van der Waals surface area contributed by atoms with Crippen molar-refractivity contribution < 1.29 is 9.47 Å². The maximum Gasteiger partial charge on any atom is 0.121 e. The molecular weight excluding hydrogens is 262 g/mol. The van der Waals surface area contributed by atoms with Crippen LogP contribution in [0.15, 0.2) is 42.5 Å². The summed E-state index contributed by atoms with van der Waals surface area (Å²) in [7, 11) is 3.38. The van der Waals surface area contributed by atoms with Crippen molar-refractivity contribution in [3.63, 3.8) is 0 Å². The van der Waals surface area contributed by atoms with Crippen LogP contribution in [0, 0.1) is 6.92 Å². The molecule has 0 aliphatic heterocycles. The second-order valence-corrected chi connectivity index (χ2v) is 5.18. The Morgan fingerprint density at radius 2 is 1.71 bits per heavy atom. The van der Waals surface area contributed by atoms with Gasteiger partial charge in [-0.25, -0.2) is 0 Å². The molecule has 0 saturated heterocycles. The molecule has 0 radical (unpaired) electrons. The topological polar surface area (TPSA) is 30.5 Å². The van der Waals surface area contributed by atoms with E-state index in [9.17, 15) is 0 Å². The van der Waals surface area contributed by atoms with E-state index in [4.69, 9.17) is 9.47 Å². The molecule has 112 valence electrons. The summed E-state index contributed by atoms with van der Waals surface area (Å²) in [6.45, 7) is 5.06. The van der Waals surface area contributed by atoms with Gasteiger partial charge in [-0.05, 0) is 48.7 Å². The van der Waals surface area contributed by atoms with Gasteiger partial charge in [-0.15, -0.1) is 0 Å². The van der Waals surface area contributed by atoms with Crippen molar-refractivity contribution in [2.45, 2.75) is 26.4 Å². The SMILES string of the molecule is COc1ccc([C@H](C)NCc2ccc(OC)c(C)c2)cc1. The maximum atomic E-state index is 5.28. The smallest absolute Gasteiger partial charge is 0.121 e. The molecule has 0 heterocycles. The van der Waals surface area contributed by atoms with Crippen LogP contribution >= 0.6 is 0 Å². The van der Waals surface area contributed by atoms with E-state index in [-0.39, 0.29) is 0 Å². The van der Waals surface area contributed by atoms with Gasteiger partial charge >= 0.3 is 0 Å². The molecule has 0 spiro atoms. The second-order valence-electron chi connectivity index (χ2n) is 5.18. The third-order valence-corrected chi connectivity index (χ3v) is 3.69. The van der Waals surface area contributed by atoms with E-state index in [2.05, 4.69) is 43.4 Å². The molecule has 3 heteroatoms. The van der Waals surface area contributed by atoms with Gasteiger partial charge in [-0.1, -0.05) is 24.3 Å². The second kappa shape index (κ2) is 7.14. The number of hydrogen-bond acceptors (Lipinski definition) is 3. The van der Waals surface area contributed by atoms with Gasteiger partial charge in [0.1, 0.15) is 11.5 Å². The highest BCUT2D eigenvalue weighted by atomic mass is 16.5. The van der Waals surface area contributed by atoms with Gasteiger partial charge < -0.3 is 14.8 Å². The molecule has 0 bridgehead atoms. The summed E-state index contributed by atoms with van der Waals surface area (Å²) >= 11 is 0. The fourth-order valence-corrected chi connectivity index (χ4v) is 2.33. The molecule has 2 aromatic carbocycles. The monoisotopic (exact) mass is 285 g/mol. The van der Waals surface area contributed by atoms with Crippen LogP contribution in [0.4, 0.5) is 0 Å². The number of ether oxygens (including phenoxy) is 2. The first-order valence-corrected chi connectivity index (χ1v) is 7.15. The number of methoxy groups -OCH3 is 2. The molecule has 0 aliphatic carbocycles. The first-order chi connectivity index (χ1) is 10.1. The number of rotatable bonds is 6. The highest BCUT2D eigenvalue weighted by Gasteiger charge is 2.06. The van der Waals surface area contributed by atoms with Crippen LogP contribution in [0.1, 0.15) is 29.7 Å². The van der Waals surface area contributed by atoms with Crippen molar-refractivity contribution in [1.82, 2.24) is 5.32 Å². The summed E-state index contributed by atoms with van der Waals surface area (Å²) < 4.78 is 10.5. The fourth-order valence-electron chi connectivity index (χ4n) is 2.33. The third-order valence-electron chi connectivity index (χ3n) is 3.69. The van der Waals surface area contributed by atoms with Gasteiger partial charge in [0.15, 0.2) is 0 Å². The van der Waals surface area contributed by atoms with E-state index in [0.29, 0.717) is 6.04 Å². The Balaban J connectivity index is 1.96. The highest BCUT2D eigenvalue weighted by molar-refractivity contribution is 5.36. The molecule has 3 nitrogen and oxygen atoms in total. The van der Waals surface area contributed by atoms with E-state index in [1.807, 2.05) is 18.2 Å². The quantitative estimate of drug-likeness (QED) is 0.874. The minimum Gasteiger partial charge on any atom is -0.497 e. The molecule has 1 atom stereocenters. The van der Waals surface area contributed by atoms with Crippen LogP contribution in [0.3, 0.4) is 0 Å². The van der Waals surface area contributed by atoms with Gasteiger partial charge in [0.05, 0.1) is 14.2 Å². The minimum absolute atomic E-state index is 0.290. The fraction of sp³-hybridized carbons (Fsp3) is 0.333. The zero-order valence-electron chi connectivity index (χ0n) is 13.1. The van der Waals surface area contributed by atoms with Crippen molar-refractivity contribution in [3.8, 4) is 11.5 Å². The van der Waals surface area contributed by atoms with Crippen LogP contribution in [-0.2, 0) is 6.54 Å². The average Bonchev–Trinajstić information content (AvgIpc) is 2.52. The minimum atomic E-state index is 0.290. The van der Waals surface area contributed by atoms with Gasteiger partial charge in [0.25, 0.3) is 0 Å². The molecular formula is C18H23NO2. The van der Waals surface area contributed by atoms with E-state index >= 15 is 0 Å². The van der Waals surface area contributed by atoms with Crippen LogP contribution in [0.2, 0.25) is 0 Å².